The highest BCUT2D eigenvalue weighted by Crippen LogP contribution is 2.21. The van der Waals surface area contributed by atoms with E-state index in [2.05, 4.69) is 9.97 Å². The molecular formula is C16H19N3O2. The zero-order valence-electron chi connectivity index (χ0n) is 12.3. The van der Waals surface area contributed by atoms with Gasteiger partial charge in [0.25, 0.3) is 0 Å². The van der Waals surface area contributed by atoms with E-state index in [1.54, 1.807) is 6.20 Å². The average molecular weight is 285 g/mol. The van der Waals surface area contributed by atoms with E-state index in [1.807, 2.05) is 49.1 Å². The maximum absolute atomic E-state index is 10.9. The number of carbonyl (C=O) groups is 1. The minimum absolute atomic E-state index is 0.0956. The molecule has 5 heteroatoms. The van der Waals surface area contributed by atoms with Crippen LogP contribution in [0.3, 0.4) is 0 Å². The number of aryl methyl sites for hydroxylation is 2. The number of carboxylic acids is 1. The molecule has 0 aliphatic carbocycles. The van der Waals surface area contributed by atoms with Gasteiger partial charge < -0.3 is 10.0 Å². The summed E-state index contributed by atoms with van der Waals surface area (Å²) in [5, 5.41) is 8.94. The first kappa shape index (κ1) is 15.0. The van der Waals surface area contributed by atoms with Crippen molar-refractivity contribution in [1.82, 2.24) is 9.97 Å². The Morgan fingerprint density at radius 3 is 2.67 bits per heavy atom. The number of para-hydroxylation sites is 1. The largest absolute Gasteiger partial charge is 0.481 e. The SMILES string of the molecule is Cc1nccc(CN(CCC(=O)O)c2ccccc2C)n1. The molecule has 0 fully saturated rings. The maximum Gasteiger partial charge on any atom is 0.305 e. The van der Waals surface area contributed by atoms with Crippen LogP contribution in [0.15, 0.2) is 36.5 Å². The first-order valence-electron chi connectivity index (χ1n) is 6.87. The number of nitrogens with zero attached hydrogens (tertiary/aromatic N) is 3. The predicted molar refractivity (Wildman–Crippen MR) is 81.3 cm³/mol. The van der Waals surface area contributed by atoms with E-state index in [1.165, 1.54) is 0 Å². The zero-order chi connectivity index (χ0) is 15.2. The number of aliphatic carboxylic acids is 1. The summed E-state index contributed by atoms with van der Waals surface area (Å²) in [6, 6.07) is 9.82. The number of aromatic nitrogens is 2. The van der Waals surface area contributed by atoms with Crippen LogP contribution in [0, 0.1) is 13.8 Å². The molecule has 110 valence electrons. The van der Waals surface area contributed by atoms with Crippen molar-refractivity contribution in [3.8, 4) is 0 Å². The fourth-order valence-corrected chi connectivity index (χ4v) is 2.22. The van der Waals surface area contributed by atoms with E-state index in [0.29, 0.717) is 13.1 Å². The third-order valence-electron chi connectivity index (χ3n) is 3.24. The van der Waals surface area contributed by atoms with Crippen LogP contribution in [0.4, 0.5) is 5.69 Å². The van der Waals surface area contributed by atoms with Gasteiger partial charge in [-0.1, -0.05) is 18.2 Å². The molecule has 0 spiro atoms. The Hall–Kier alpha value is -2.43. The Labute approximate surface area is 124 Å². The van der Waals surface area contributed by atoms with E-state index in [0.717, 1.165) is 22.8 Å². The summed E-state index contributed by atoms with van der Waals surface area (Å²) in [6.45, 7) is 4.89. The van der Waals surface area contributed by atoms with Crippen LogP contribution >= 0.6 is 0 Å². The lowest BCUT2D eigenvalue weighted by Crippen LogP contribution is -2.27. The molecule has 0 aliphatic heterocycles. The van der Waals surface area contributed by atoms with Gasteiger partial charge in [0.2, 0.25) is 0 Å². The molecule has 0 radical (unpaired) electrons. The Morgan fingerprint density at radius 2 is 2.00 bits per heavy atom. The van der Waals surface area contributed by atoms with E-state index in [-0.39, 0.29) is 6.42 Å². The molecule has 0 bridgehead atoms. The van der Waals surface area contributed by atoms with Crippen LogP contribution in [-0.2, 0) is 11.3 Å². The first-order valence-corrected chi connectivity index (χ1v) is 6.87. The summed E-state index contributed by atoms with van der Waals surface area (Å²) in [6.07, 6.45) is 1.82. The molecule has 1 heterocycles. The molecule has 0 aliphatic rings. The van der Waals surface area contributed by atoms with Gasteiger partial charge in [0.05, 0.1) is 18.7 Å². The lowest BCUT2D eigenvalue weighted by Gasteiger charge is -2.25. The van der Waals surface area contributed by atoms with Crippen LogP contribution < -0.4 is 4.90 Å². The zero-order valence-corrected chi connectivity index (χ0v) is 12.3. The lowest BCUT2D eigenvalue weighted by atomic mass is 10.1. The fourth-order valence-electron chi connectivity index (χ4n) is 2.22. The number of hydrogen-bond acceptors (Lipinski definition) is 4. The van der Waals surface area contributed by atoms with Gasteiger partial charge in [-0.3, -0.25) is 4.79 Å². The molecule has 5 nitrogen and oxygen atoms in total. The van der Waals surface area contributed by atoms with E-state index >= 15 is 0 Å². The normalized spacial score (nSPS) is 10.4. The highest BCUT2D eigenvalue weighted by molar-refractivity contribution is 5.68. The van der Waals surface area contributed by atoms with Crippen molar-refractivity contribution in [2.24, 2.45) is 0 Å². The third kappa shape index (κ3) is 4.27. The van der Waals surface area contributed by atoms with Crippen LogP contribution in [0.5, 0.6) is 0 Å². The van der Waals surface area contributed by atoms with Crippen LogP contribution in [0.1, 0.15) is 23.5 Å². The molecule has 0 atom stereocenters. The van der Waals surface area contributed by atoms with Gasteiger partial charge in [0, 0.05) is 18.4 Å². The second-order valence-corrected chi connectivity index (χ2v) is 4.95. The van der Waals surface area contributed by atoms with Gasteiger partial charge in [-0.15, -0.1) is 0 Å². The molecule has 1 aromatic heterocycles. The molecule has 2 rings (SSSR count). The summed E-state index contributed by atoms with van der Waals surface area (Å²) >= 11 is 0. The van der Waals surface area contributed by atoms with Crippen molar-refractivity contribution in [1.29, 1.82) is 0 Å². The van der Waals surface area contributed by atoms with Crippen molar-refractivity contribution in [2.45, 2.75) is 26.8 Å². The second-order valence-electron chi connectivity index (χ2n) is 4.95. The summed E-state index contributed by atoms with van der Waals surface area (Å²) in [4.78, 5) is 21.4. The van der Waals surface area contributed by atoms with Crippen LogP contribution in [0.25, 0.3) is 0 Å². The number of anilines is 1. The minimum atomic E-state index is -0.799. The van der Waals surface area contributed by atoms with Gasteiger partial charge in [-0.25, -0.2) is 9.97 Å². The van der Waals surface area contributed by atoms with E-state index in [9.17, 15) is 4.79 Å². The summed E-state index contributed by atoms with van der Waals surface area (Å²) < 4.78 is 0. The van der Waals surface area contributed by atoms with Crippen molar-refractivity contribution >= 4 is 11.7 Å². The number of hydrogen-bond donors (Lipinski definition) is 1. The molecule has 21 heavy (non-hydrogen) atoms. The standard InChI is InChI=1S/C16H19N3O2/c1-12-5-3-4-6-15(12)19(10-8-16(20)21)11-14-7-9-17-13(2)18-14/h3-7,9H,8,10-11H2,1-2H3,(H,20,21). The molecular weight excluding hydrogens is 266 g/mol. The molecule has 1 N–H and O–H groups in total. The van der Waals surface area contributed by atoms with Gasteiger partial charge in [0.1, 0.15) is 5.82 Å². The van der Waals surface area contributed by atoms with Gasteiger partial charge in [-0.05, 0) is 31.5 Å². The van der Waals surface area contributed by atoms with Crippen molar-refractivity contribution in [2.75, 3.05) is 11.4 Å². The summed E-state index contributed by atoms with van der Waals surface area (Å²) in [5.74, 6) is -0.0806. The molecule has 1 aromatic carbocycles. The van der Waals surface area contributed by atoms with Gasteiger partial charge >= 0.3 is 5.97 Å². The number of benzene rings is 1. The Kier molecular flexibility index (Phi) is 4.87. The van der Waals surface area contributed by atoms with Crippen molar-refractivity contribution in [3.05, 3.63) is 53.6 Å². The molecule has 0 unspecified atom stereocenters. The summed E-state index contributed by atoms with van der Waals surface area (Å²) in [7, 11) is 0. The van der Waals surface area contributed by atoms with Gasteiger partial charge in [0.15, 0.2) is 0 Å². The van der Waals surface area contributed by atoms with Crippen molar-refractivity contribution < 1.29 is 9.90 Å². The second kappa shape index (κ2) is 6.83. The average Bonchev–Trinajstić information content (AvgIpc) is 2.44. The third-order valence-corrected chi connectivity index (χ3v) is 3.24. The first-order chi connectivity index (χ1) is 10.1. The lowest BCUT2D eigenvalue weighted by molar-refractivity contribution is -0.136. The predicted octanol–water partition coefficient (Wildman–Crippen LogP) is 2.57. The molecule has 0 saturated carbocycles. The van der Waals surface area contributed by atoms with Crippen molar-refractivity contribution in [3.63, 3.8) is 0 Å². The highest BCUT2D eigenvalue weighted by atomic mass is 16.4. The topological polar surface area (TPSA) is 66.3 Å². The Bertz CT molecular complexity index is 628. The van der Waals surface area contributed by atoms with E-state index < -0.39 is 5.97 Å². The number of rotatable bonds is 6. The van der Waals surface area contributed by atoms with Crippen LogP contribution in [0.2, 0.25) is 0 Å². The molecule has 0 saturated heterocycles. The summed E-state index contributed by atoms with van der Waals surface area (Å²) in [5.41, 5.74) is 3.04. The number of carboxylic acid groups (broad SMARTS) is 1. The Morgan fingerprint density at radius 1 is 1.24 bits per heavy atom. The van der Waals surface area contributed by atoms with E-state index in [4.69, 9.17) is 5.11 Å². The smallest absolute Gasteiger partial charge is 0.305 e. The molecule has 2 aromatic rings. The quantitative estimate of drug-likeness (QED) is 0.883. The van der Waals surface area contributed by atoms with Crippen LogP contribution in [-0.4, -0.2) is 27.6 Å². The minimum Gasteiger partial charge on any atom is -0.481 e. The maximum atomic E-state index is 10.9. The fraction of sp³-hybridized carbons (Fsp3) is 0.312. The Balaban J connectivity index is 2.23. The van der Waals surface area contributed by atoms with Gasteiger partial charge in [-0.2, -0.15) is 0 Å². The monoisotopic (exact) mass is 285 g/mol. The highest BCUT2D eigenvalue weighted by Gasteiger charge is 2.12. The molecule has 0 amide bonds.